The van der Waals surface area contributed by atoms with E-state index in [1.165, 1.54) is 0 Å². The number of hydrogen-bond donors (Lipinski definition) is 1. The van der Waals surface area contributed by atoms with Gasteiger partial charge in [0, 0.05) is 17.3 Å². The molecule has 0 aliphatic carbocycles. The van der Waals surface area contributed by atoms with Crippen molar-refractivity contribution in [3.05, 3.63) is 28.8 Å². The number of halogens is 1. The first kappa shape index (κ1) is 12.3. The summed E-state index contributed by atoms with van der Waals surface area (Å²) in [5, 5.41) is 4.18. The molecular weight excluding hydrogens is 208 g/mol. The van der Waals surface area contributed by atoms with E-state index in [2.05, 4.69) is 30.4 Å². The molecule has 0 amide bonds. The number of hydrogen-bond acceptors (Lipinski definition) is 2. The summed E-state index contributed by atoms with van der Waals surface area (Å²) < 4.78 is 0. The summed E-state index contributed by atoms with van der Waals surface area (Å²) in [5.41, 5.74) is 2.22. The maximum Gasteiger partial charge on any atom is 0.0455 e. The quantitative estimate of drug-likeness (QED) is 0.777. The summed E-state index contributed by atoms with van der Waals surface area (Å²) >= 11 is 6.03. The third kappa shape index (κ3) is 4.54. The molecule has 15 heavy (non-hydrogen) atoms. The van der Waals surface area contributed by atoms with Gasteiger partial charge in [-0.3, -0.25) is 0 Å². The Morgan fingerprint density at radius 2 is 2.07 bits per heavy atom. The molecule has 0 bridgehead atoms. The second-order valence-corrected chi connectivity index (χ2v) is 4.45. The summed E-state index contributed by atoms with van der Waals surface area (Å²) in [6.07, 6.45) is 1.14. The molecule has 3 heteroatoms. The molecule has 84 valence electrons. The van der Waals surface area contributed by atoms with Gasteiger partial charge < -0.3 is 10.2 Å². The molecule has 0 aliphatic rings. The third-order valence-electron chi connectivity index (χ3n) is 2.28. The molecule has 0 radical (unpaired) electrons. The Morgan fingerprint density at radius 1 is 1.33 bits per heavy atom. The summed E-state index contributed by atoms with van der Waals surface area (Å²) in [7, 11) is 4.17. The molecule has 0 saturated heterocycles. The SMILES string of the molecule is Cc1ccc(NCCCN(C)C)cc1Cl. The number of nitrogens with zero attached hydrogens (tertiary/aromatic N) is 1. The molecule has 0 unspecified atom stereocenters. The number of aryl methyl sites for hydroxylation is 1. The molecule has 0 spiro atoms. The number of nitrogens with one attached hydrogen (secondary N) is 1. The maximum atomic E-state index is 6.03. The van der Waals surface area contributed by atoms with E-state index in [0.29, 0.717) is 0 Å². The second kappa shape index (κ2) is 5.99. The minimum Gasteiger partial charge on any atom is -0.385 e. The van der Waals surface area contributed by atoms with Gasteiger partial charge in [0.1, 0.15) is 0 Å². The van der Waals surface area contributed by atoms with Crippen LogP contribution in [0.1, 0.15) is 12.0 Å². The maximum absolute atomic E-state index is 6.03. The third-order valence-corrected chi connectivity index (χ3v) is 2.69. The van der Waals surface area contributed by atoms with Gasteiger partial charge in [-0.15, -0.1) is 0 Å². The van der Waals surface area contributed by atoms with E-state index in [-0.39, 0.29) is 0 Å². The first-order valence-corrected chi connectivity index (χ1v) is 5.62. The standard InChI is InChI=1S/C12H19ClN2/c1-10-5-6-11(9-12(10)13)14-7-4-8-15(2)3/h5-6,9,14H,4,7-8H2,1-3H3. The van der Waals surface area contributed by atoms with Crippen molar-refractivity contribution in [1.82, 2.24) is 4.90 Å². The molecule has 1 rings (SSSR count). The molecule has 0 aromatic heterocycles. The lowest BCUT2D eigenvalue weighted by atomic mass is 10.2. The highest BCUT2D eigenvalue weighted by Gasteiger charge is 1.97. The lowest BCUT2D eigenvalue weighted by Crippen LogP contribution is -2.16. The van der Waals surface area contributed by atoms with Gasteiger partial charge in [-0.05, 0) is 51.7 Å². The lowest BCUT2D eigenvalue weighted by molar-refractivity contribution is 0.405. The molecule has 0 saturated carbocycles. The lowest BCUT2D eigenvalue weighted by Gasteiger charge is -2.11. The summed E-state index contributed by atoms with van der Waals surface area (Å²) in [6.45, 7) is 4.10. The van der Waals surface area contributed by atoms with Gasteiger partial charge in [-0.25, -0.2) is 0 Å². The van der Waals surface area contributed by atoms with Gasteiger partial charge in [0.05, 0.1) is 0 Å². The van der Waals surface area contributed by atoms with Crippen molar-refractivity contribution >= 4 is 17.3 Å². The number of rotatable bonds is 5. The Hall–Kier alpha value is -0.730. The molecule has 2 nitrogen and oxygen atoms in total. The van der Waals surface area contributed by atoms with Gasteiger partial charge in [0.15, 0.2) is 0 Å². The van der Waals surface area contributed by atoms with Crippen LogP contribution in [0.4, 0.5) is 5.69 Å². The zero-order valence-corrected chi connectivity index (χ0v) is 10.4. The van der Waals surface area contributed by atoms with Crippen LogP contribution in [0.2, 0.25) is 5.02 Å². The Balaban J connectivity index is 2.35. The number of anilines is 1. The monoisotopic (exact) mass is 226 g/mol. The van der Waals surface area contributed by atoms with Crippen LogP contribution in [0.15, 0.2) is 18.2 Å². The van der Waals surface area contributed by atoms with Crippen LogP contribution >= 0.6 is 11.6 Å². The highest BCUT2D eigenvalue weighted by Crippen LogP contribution is 2.19. The van der Waals surface area contributed by atoms with E-state index < -0.39 is 0 Å². The molecule has 1 aromatic carbocycles. The zero-order chi connectivity index (χ0) is 11.3. The van der Waals surface area contributed by atoms with Crippen LogP contribution in [0, 0.1) is 6.92 Å². The zero-order valence-electron chi connectivity index (χ0n) is 9.68. The predicted octanol–water partition coefficient (Wildman–Crippen LogP) is 3.01. The van der Waals surface area contributed by atoms with E-state index in [1.807, 2.05) is 19.1 Å². The normalized spacial score (nSPS) is 10.7. The van der Waals surface area contributed by atoms with Crippen molar-refractivity contribution in [3.8, 4) is 0 Å². The van der Waals surface area contributed by atoms with Gasteiger partial charge in [-0.1, -0.05) is 17.7 Å². The average Bonchev–Trinajstić information content (AvgIpc) is 2.18. The highest BCUT2D eigenvalue weighted by atomic mass is 35.5. The minimum absolute atomic E-state index is 0.826. The van der Waals surface area contributed by atoms with Crippen LogP contribution in [0.25, 0.3) is 0 Å². The van der Waals surface area contributed by atoms with Crippen molar-refractivity contribution < 1.29 is 0 Å². The van der Waals surface area contributed by atoms with Crippen molar-refractivity contribution in [2.75, 3.05) is 32.5 Å². The van der Waals surface area contributed by atoms with E-state index in [1.54, 1.807) is 0 Å². The first-order valence-electron chi connectivity index (χ1n) is 5.24. The molecule has 0 atom stereocenters. The molecule has 0 heterocycles. The summed E-state index contributed by atoms with van der Waals surface area (Å²) in [4.78, 5) is 2.18. The Morgan fingerprint density at radius 3 is 2.67 bits per heavy atom. The molecule has 0 fully saturated rings. The fourth-order valence-corrected chi connectivity index (χ4v) is 1.51. The average molecular weight is 227 g/mol. The van der Waals surface area contributed by atoms with Gasteiger partial charge in [-0.2, -0.15) is 0 Å². The van der Waals surface area contributed by atoms with Gasteiger partial charge >= 0.3 is 0 Å². The van der Waals surface area contributed by atoms with E-state index in [0.717, 1.165) is 35.8 Å². The van der Waals surface area contributed by atoms with Crippen LogP contribution < -0.4 is 5.32 Å². The fraction of sp³-hybridized carbons (Fsp3) is 0.500. The van der Waals surface area contributed by atoms with E-state index in [9.17, 15) is 0 Å². The summed E-state index contributed by atoms with van der Waals surface area (Å²) in [6, 6.07) is 6.08. The van der Waals surface area contributed by atoms with Gasteiger partial charge in [0.25, 0.3) is 0 Å². The first-order chi connectivity index (χ1) is 7.09. The van der Waals surface area contributed by atoms with Crippen molar-refractivity contribution in [2.45, 2.75) is 13.3 Å². The Bertz CT molecular complexity index is 310. The predicted molar refractivity (Wildman–Crippen MR) is 67.8 cm³/mol. The van der Waals surface area contributed by atoms with Crippen molar-refractivity contribution in [1.29, 1.82) is 0 Å². The smallest absolute Gasteiger partial charge is 0.0455 e. The van der Waals surface area contributed by atoms with Crippen molar-refractivity contribution in [2.24, 2.45) is 0 Å². The molecule has 1 aromatic rings. The van der Waals surface area contributed by atoms with Crippen LogP contribution in [-0.4, -0.2) is 32.1 Å². The number of benzene rings is 1. The molecule has 1 N–H and O–H groups in total. The van der Waals surface area contributed by atoms with Crippen LogP contribution in [0.5, 0.6) is 0 Å². The van der Waals surface area contributed by atoms with Gasteiger partial charge in [0.2, 0.25) is 0 Å². The Labute approximate surface area is 97.2 Å². The topological polar surface area (TPSA) is 15.3 Å². The largest absolute Gasteiger partial charge is 0.385 e. The highest BCUT2D eigenvalue weighted by molar-refractivity contribution is 6.31. The van der Waals surface area contributed by atoms with Crippen LogP contribution in [-0.2, 0) is 0 Å². The second-order valence-electron chi connectivity index (χ2n) is 4.05. The molecule has 0 aliphatic heterocycles. The summed E-state index contributed by atoms with van der Waals surface area (Å²) in [5.74, 6) is 0. The van der Waals surface area contributed by atoms with E-state index in [4.69, 9.17) is 11.6 Å². The van der Waals surface area contributed by atoms with Crippen LogP contribution in [0.3, 0.4) is 0 Å². The Kier molecular flexibility index (Phi) is 4.92. The van der Waals surface area contributed by atoms with Crippen molar-refractivity contribution in [3.63, 3.8) is 0 Å². The molecular formula is C12H19ClN2. The fourth-order valence-electron chi connectivity index (χ4n) is 1.33. The van der Waals surface area contributed by atoms with E-state index >= 15 is 0 Å². The minimum atomic E-state index is 0.826.